The van der Waals surface area contributed by atoms with Crippen LogP contribution in [-0.4, -0.2) is 22.8 Å². The molecule has 0 unspecified atom stereocenters. The van der Waals surface area contributed by atoms with Crippen molar-refractivity contribution in [1.29, 1.82) is 0 Å². The van der Waals surface area contributed by atoms with Crippen molar-refractivity contribution in [3.8, 4) is 0 Å². The van der Waals surface area contributed by atoms with Crippen LogP contribution < -0.4 is 10.9 Å². The second-order valence-electron chi connectivity index (χ2n) is 3.62. The Kier molecular flexibility index (Phi) is 5.14. The van der Waals surface area contributed by atoms with Gasteiger partial charge in [0.2, 0.25) is 5.91 Å². The molecule has 102 valence electrons. The Hall–Kier alpha value is -1.79. The normalized spacial score (nSPS) is 9.68. The lowest BCUT2D eigenvalue weighted by Crippen LogP contribution is -2.54. The number of halogens is 2. The van der Waals surface area contributed by atoms with E-state index in [0.717, 1.165) is 0 Å². The average molecular weight is 304 g/mol. The highest BCUT2D eigenvalue weighted by Gasteiger charge is 2.15. The molecule has 0 atom stereocenters. The molecule has 0 heterocycles. The van der Waals surface area contributed by atoms with Crippen molar-refractivity contribution >= 4 is 40.9 Å². The standard InChI is InChI=1S/C11H11Cl2N3O3/c1-6(17)14-16(7(2)18)15-11(19)8-3-9(12)5-10(13)4-8/h3-5H,1-2H3,(H,14,17)(H,15,19). The third kappa shape index (κ3) is 4.76. The SMILES string of the molecule is CC(=O)NN(NC(=O)c1cc(Cl)cc(Cl)c1)C(C)=O. The molecule has 8 heteroatoms. The van der Waals surface area contributed by atoms with Gasteiger partial charge in [-0.25, -0.2) is 10.9 Å². The lowest BCUT2D eigenvalue weighted by atomic mass is 10.2. The van der Waals surface area contributed by atoms with E-state index in [4.69, 9.17) is 23.2 Å². The Labute approximate surface area is 119 Å². The minimum absolute atomic E-state index is 0.161. The van der Waals surface area contributed by atoms with Gasteiger partial charge in [-0.2, -0.15) is 5.12 Å². The molecule has 0 bridgehead atoms. The maximum atomic E-state index is 11.9. The van der Waals surface area contributed by atoms with E-state index in [2.05, 4.69) is 10.9 Å². The predicted molar refractivity (Wildman–Crippen MR) is 70.3 cm³/mol. The quantitative estimate of drug-likeness (QED) is 0.772. The van der Waals surface area contributed by atoms with Gasteiger partial charge in [0.25, 0.3) is 11.8 Å². The van der Waals surface area contributed by atoms with Gasteiger partial charge in [0.05, 0.1) is 0 Å². The van der Waals surface area contributed by atoms with Crippen molar-refractivity contribution < 1.29 is 14.4 Å². The highest BCUT2D eigenvalue weighted by atomic mass is 35.5. The Balaban J connectivity index is 2.87. The second kappa shape index (κ2) is 6.40. The molecule has 19 heavy (non-hydrogen) atoms. The van der Waals surface area contributed by atoms with Crippen LogP contribution in [0.1, 0.15) is 24.2 Å². The Morgan fingerprint density at radius 2 is 1.53 bits per heavy atom. The molecule has 0 radical (unpaired) electrons. The van der Waals surface area contributed by atoms with Crippen molar-refractivity contribution in [2.24, 2.45) is 0 Å². The van der Waals surface area contributed by atoms with E-state index in [9.17, 15) is 14.4 Å². The molecule has 6 nitrogen and oxygen atoms in total. The van der Waals surface area contributed by atoms with Gasteiger partial charge in [-0.15, -0.1) is 0 Å². The van der Waals surface area contributed by atoms with E-state index < -0.39 is 17.7 Å². The monoisotopic (exact) mass is 303 g/mol. The number of benzene rings is 1. The molecule has 0 aliphatic carbocycles. The number of nitrogens with zero attached hydrogens (tertiary/aromatic N) is 1. The zero-order chi connectivity index (χ0) is 14.6. The van der Waals surface area contributed by atoms with Crippen molar-refractivity contribution in [1.82, 2.24) is 16.0 Å². The number of rotatable bonds is 1. The molecule has 0 aliphatic rings. The van der Waals surface area contributed by atoms with Crippen molar-refractivity contribution in [3.05, 3.63) is 33.8 Å². The summed E-state index contributed by atoms with van der Waals surface area (Å²) in [6.45, 7) is 2.39. The van der Waals surface area contributed by atoms with Crippen LogP contribution in [0, 0.1) is 0 Å². The second-order valence-corrected chi connectivity index (χ2v) is 4.49. The summed E-state index contributed by atoms with van der Waals surface area (Å²) in [5, 5.41) is 1.25. The lowest BCUT2D eigenvalue weighted by molar-refractivity contribution is -0.141. The largest absolute Gasteiger partial charge is 0.274 e. The van der Waals surface area contributed by atoms with Crippen molar-refractivity contribution in [3.63, 3.8) is 0 Å². The van der Waals surface area contributed by atoms with Crippen LogP contribution in [0.15, 0.2) is 18.2 Å². The number of carbonyl (C=O) groups is 3. The Bertz CT molecular complexity index is 514. The summed E-state index contributed by atoms with van der Waals surface area (Å²) in [5.41, 5.74) is 4.53. The first-order chi connectivity index (χ1) is 8.79. The molecule has 1 rings (SSSR count). The van der Waals surface area contributed by atoms with E-state index in [-0.39, 0.29) is 15.6 Å². The highest BCUT2D eigenvalue weighted by molar-refractivity contribution is 6.35. The molecule has 0 fully saturated rings. The van der Waals surface area contributed by atoms with Gasteiger partial charge >= 0.3 is 0 Å². The van der Waals surface area contributed by atoms with Crippen molar-refractivity contribution in [2.75, 3.05) is 0 Å². The molecular formula is C11H11Cl2N3O3. The number of carbonyl (C=O) groups excluding carboxylic acids is 3. The highest BCUT2D eigenvalue weighted by Crippen LogP contribution is 2.18. The molecule has 0 saturated carbocycles. The fourth-order valence-corrected chi connectivity index (χ4v) is 1.72. The Morgan fingerprint density at radius 1 is 1.00 bits per heavy atom. The van der Waals surface area contributed by atoms with Gasteiger partial charge in [0.15, 0.2) is 0 Å². The first-order valence-electron chi connectivity index (χ1n) is 5.14. The Morgan fingerprint density at radius 3 is 1.95 bits per heavy atom. The summed E-state index contributed by atoms with van der Waals surface area (Å²) in [7, 11) is 0. The molecule has 0 saturated heterocycles. The topological polar surface area (TPSA) is 78.5 Å². The van der Waals surface area contributed by atoms with Crippen LogP contribution in [0.25, 0.3) is 0 Å². The fourth-order valence-electron chi connectivity index (χ4n) is 1.19. The minimum Gasteiger partial charge on any atom is -0.274 e. The third-order valence-electron chi connectivity index (χ3n) is 1.92. The molecule has 2 N–H and O–H groups in total. The number of hydrogen-bond acceptors (Lipinski definition) is 3. The van der Waals surface area contributed by atoms with Gasteiger partial charge in [-0.3, -0.25) is 14.4 Å². The first kappa shape index (κ1) is 15.3. The molecule has 1 aromatic carbocycles. The minimum atomic E-state index is -0.631. The van der Waals surface area contributed by atoms with E-state index >= 15 is 0 Å². The van der Waals surface area contributed by atoms with Gasteiger partial charge in [-0.1, -0.05) is 23.2 Å². The zero-order valence-electron chi connectivity index (χ0n) is 10.2. The van der Waals surface area contributed by atoms with E-state index in [1.165, 1.54) is 32.0 Å². The number of hydrogen-bond donors (Lipinski definition) is 2. The molecule has 0 aromatic heterocycles. The van der Waals surface area contributed by atoms with Crippen LogP contribution in [0.2, 0.25) is 10.0 Å². The summed E-state index contributed by atoms with van der Waals surface area (Å²) in [5.74, 6) is -1.69. The molecule has 3 amide bonds. The van der Waals surface area contributed by atoms with Gasteiger partial charge < -0.3 is 0 Å². The maximum absolute atomic E-state index is 11.9. The van der Waals surface area contributed by atoms with E-state index in [1.54, 1.807) is 0 Å². The van der Waals surface area contributed by atoms with Crippen LogP contribution in [0.4, 0.5) is 0 Å². The maximum Gasteiger partial charge on any atom is 0.271 e. The predicted octanol–water partition coefficient (Wildman–Crippen LogP) is 1.54. The lowest BCUT2D eigenvalue weighted by Gasteiger charge is -2.21. The van der Waals surface area contributed by atoms with Crippen LogP contribution >= 0.6 is 23.2 Å². The molecule has 1 aromatic rings. The van der Waals surface area contributed by atoms with Crippen LogP contribution in [-0.2, 0) is 9.59 Å². The third-order valence-corrected chi connectivity index (χ3v) is 2.36. The summed E-state index contributed by atoms with van der Waals surface area (Å²) in [6, 6.07) is 4.24. The smallest absolute Gasteiger partial charge is 0.271 e. The van der Waals surface area contributed by atoms with Crippen LogP contribution in [0.3, 0.4) is 0 Å². The summed E-state index contributed by atoms with van der Waals surface area (Å²) >= 11 is 11.5. The average Bonchev–Trinajstić information content (AvgIpc) is 2.25. The number of amides is 3. The molecule has 0 spiro atoms. The summed E-state index contributed by atoms with van der Waals surface area (Å²) in [4.78, 5) is 34.0. The van der Waals surface area contributed by atoms with E-state index in [0.29, 0.717) is 5.12 Å². The number of hydrazine groups is 2. The summed E-state index contributed by atoms with van der Waals surface area (Å²) in [6.07, 6.45) is 0. The van der Waals surface area contributed by atoms with Crippen molar-refractivity contribution in [2.45, 2.75) is 13.8 Å². The van der Waals surface area contributed by atoms with E-state index in [1.807, 2.05) is 0 Å². The summed E-state index contributed by atoms with van der Waals surface area (Å²) < 4.78 is 0. The van der Waals surface area contributed by atoms with Gasteiger partial charge in [0, 0.05) is 29.5 Å². The fraction of sp³-hybridized carbons (Fsp3) is 0.182. The van der Waals surface area contributed by atoms with Gasteiger partial charge in [-0.05, 0) is 18.2 Å². The van der Waals surface area contributed by atoms with Gasteiger partial charge in [0.1, 0.15) is 0 Å². The molecule has 0 aliphatic heterocycles. The number of nitrogens with one attached hydrogen (secondary N) is 2. The first-order valence-corrected chi connectivity index (χ1v) is 5.90. The molecular weight excluding hydrogens is 293 g/mol. The zero-order valence-corrected chi connectivity index (χ0v) is 11.7. The van der Waals surface area contributed by atoms with Crippen LogP contribution in [0.5, 0.6) is 0 Å².